The third-order valence-electron chi connectivity index (χ3n) is 4.60. The van der Waals surface area contributed by atoms with Crippen LogP contribution in [0.15, 0.2) is 24.3 Å². The van der Waals surface area contributed by atoms with Crippen molar-refractivity contribution in [2.75, 3.05) is 26.7 Å². The monoisotopic (exact) mass is 383 g/mol. The van der Waals surface area contributed by atoms with E-state index in [0.29, 0.717) is 19.0 Å². The van der Waals surface area contributed by atoms with Crippen molar-refractivity contribution in [1.29, 1.82) is 0 Å². The van der Waals surface area contributed by atoms with Gasteiger partial charge in [-0.25, -0.2) is 0 Å². The predicted molar refractivity (Wildman–Crippen MR) is 105 cm³/mol. The van der Waals surface area contributed by atoms with Gasteiger partial charge in [0.1, 0.15) is 5.75 Å². The molecule has 0 aromatic heterocycles. The van der Waals surface area contributed by atoms with Gasteiger partial charge >= 0.3 is 0 Å². The first-order valence-corrected chi connectivity index (χ1v) is 8.91. The van der Waals surface area contributed by atoms with Crippen LogP contribution in [0.25, 0.3) is 0 Å². The van der Waals surface area contributed by atoms with Crippen LogP contribution >= 0.6 is 12.4 Å². The first kappa shape index (κ1) is 22.3. The Morgan fingerprint density at radius 2 is 2.00 bits per heavy atom. The van der Waals surface area contributed by atoms with Gasteiger partial charge in [0.05, 0.1) is 13.7 Å². The van der Waals surface area contributed by atoms with Gasteiger partial charge in [0, 0.05) is 38.2 Å². The first-order chi connectivity index (χ1) is 12.0. The van der Waals surface area contributed by atoms with Crippen molar-refractivity contribution in [3.8, 4) is 5.75 Å². The van der Waals surface area contributed by atoms with Gasteiger partial charge in [-0.1, -0.05) is 31.5 Å². The van der Waals surface area contributed by atoms with Gasteiger partial charge in [-0.2, -0.15) is 0 Å². The molecule has 0 unspecified atom stereocenters. The number of benzene rings is 1. The standard InChI is InChI=1S/C19H29N3O3.ClH/c1-4-7-16-11-22(12-17(16)21-14(2)23)13-19(24)20-10-15-8-5-6-9-18(15)25-3;/h5-6,8-9,16-17H,4,7,10-13H2,1-3H3,(H,20,24)(H,21,23);1H/t16-,17-;/m0./s1. The number of ether oxygens (including phenoxy) is 1. The number of likely N-dealkylation sites (tertiary alicyclic amines) is 1. The lowest BCUT2D eigenvalue weighted by molar-refractivity contribution is -0.122. The van der Waals surface area contributed by atoms with Gasteiger partial charge in [-0.3, -0.25) is 14.5 Å². The molecule has 7 heteroatoms. The van der Waals surface area contributed by atoms with Crippen LogP contribution in [0.4, 0.5) is 0 Å². The molecular formula is C19H30ClN3O3. The van der Waals surface area contributed by atoms with Gasteiger partial charge < -0.3 is 15.4 Å². The molecule has 26 heavy (non-hydrogen) atoms. The van der Waals surface area contributed by atoms with E-state index in [1.165, 1.54) is 0 Å². The molecule has 1 aliphatic rings. The quantitative estimate of drug-likeness (QED) is 0.720. The van der Waals surface area contributed by atoms with Crippen LogP contribution in [0.3, 0.4) is 0 Å². The average molecular weight is 384 g/mol. The van der Waals surface area contributed by atoms with Crippen LogP contribution in [0.2, 0.25) is 0 Å². The number of para-hydroxylation sites is 1. The summed E-state index contributed by atoms with van der Waals surface area (Å²) in [5.41, 5.74) is 0.958. The van der Waals surface area contributed by atoms with Gasteiger partial charge in [0.25, 0.3) is 0 Å². The van der Waals surface area contributed by atoms with Crippen LogP contribution in [-0.2, 0) is 16.1 Å². The molecule has 2 N–H and O–H groups in total. The summed E-state index contributed by atoms with van der Waals surface area (Å²) in [6, 6.07) is 7.80. The molecule has 1 heterocycles. The lowest BCUT2D eigenvalue weighted by Gasteiger charge is -2.18. The highest BCUT2D eigenvalue weighted by molar-refractivity contribution is 5.85. The van der Waals surface area contributed by atoms with Gasteiger partial charge in [-0.05, 0) is 18.4 Å². The molecule has 0 spiro atoms. The number of nitrogens with one attached hydrogen (secondary N) is 2. The fourth-order valence-corrected chi connectivity index (χ4v) is 3.48. The molecule has 1 aliphatic heterocycles. The Morgan fingerprint density at radius 1 is 1.27 bits per heavy atom. The minimum atomic E-state index is -0.00960. The number of hydrogen-bond acceptors (Lipinski definition) is 4. The lowest BCUT2D eigenvalue weighted by Crippen LogP contribution is -2.40. The van der Waals surface area contributed by atoms with E-state index >= 15 is 0 Å². The van der Waals surface area contributed by atoms with Crippen molar-refractivity contribution < 1.29 is 14.3 Å². The number of hydrogen-bond donors (Lipinski definition) is 2. The average Bonchev–Trinajstić information content (AvgIpc) is 2.94. The number of carbonyl (C=O) groups is 2. The maximum Gasteiger partial charge on any atom is 0.234 e. The predicted octanol–water partition coefficient (Wildman–Crippen LogP) is 1.97. The molecule has 146 valence electrons. The van der Waals surface area contributed by atoms with Crippen molar-refractivity contribution in [2.24, 2.45) is 5.92 Å². The maximum atomic E-state index is 12.3. The zero-order valence-corrected chi connectivity index (χ0v) is 16.6. The summed E-state index contributed by atoms with van der Waals surface area (Å²) in [6.45, 7) is 6.07. The minimum absolute atomic E-state index is 0. The van der Waals surface area contributed by atoms with Crippen LogP contribution in [-0.4, -0.2) is 49.5 Å². The van der Waals surface area contributed by atoms with Crippen LogP contribution < -0.4 is 15.4 Å². The molecule has 2 atom stereocenters. The number of methoxy groups -OCH3 is 1. The first-order valence-electron chi connectivity index (χ1n) is 8.91. The summed E-state index contributed by atoms with van der Waals surface area (Å²) >= 11 is 0. The van der Waals surface area contributed by atoms with E-state index in [0.717, 1.165) is 37.2 Å². The molecule has 2 rings (SSSR count). The molecule has 0 radical (unpaired) electrons. The number of halogens is 1. The second-order valence-electron chi connectivity index (χ2n) is 6.64. The van der Waals surface area contributed by atoms with E-state index in [1.807, 2.05) is 24.3 Å². The highest BCUT2D eigenvalue weighted by Gasteiger charge is 2.33. The number of carbonyl (C=O) groups excluding carboxylic acids is 2. The maximum absolute atomic E-state index is 12.3. The van der Waals surface area contributed by atoms with E-state index in [2.05, 4.69) is 22.5 Å². The molecule has 1 saturated heterocycles. The largest absolute Gasteiger partial charge is 0.496 e. The second-order valence-corrected chi connectivity index (χ2v) is 6.64. The summed E-state index contributed by atoms with van der Waals surface area (Å²) in [5.74, 6) is 1.17. The van der Waals surface area contributed by atoms with Gasteiger partial charge in [0.15, 0.2) is 0 Å². The highest BCUT2D eigenvalue weighted by Crippen LogP contribution is 2.21. The Hall–Kier alpha value is -1.79. The minimum Gasteiger partial charge on any atom is -0.496 e. The van der Waals surface area contributed by atoms with E-state index in [1.54, 1.807) is 14.0 Å². The third kappa shape index (κ3) is 6.50. The van der Waals surface area contributed by atoms with E-state index in [-0.39, 0.29) is 30.3 Å². The Balaban J connectivity index is 0.00000338. The third-order valence-corrected chi connectivity index (χ3v) is 4.60. The van der Waals surface area contributed by atoms with Gasteiger partial charge in [0.2, 0.25) is 11.8 Å². The Bertz CT molecular complexity index is 597. The van der Waals surface area contributed by atoms with Crippen LogP contribution in [0, 0.1) is 5.92 Å². The van der Waals surface area contributed by atoms with Crippen LogP contribution in [0.1, 0.15) is 32.3 Å². The zero-order chi connectivity index (χ0) is 18.2. The van der Waals surface area contributed by atoms with Crippen molar-refractivity contribution in [3.05, 3.63) is 29.8 Å². The van der Waals surface area contributed by atoms with Crippen molar-refractivity contribution >= 4 is 24.2 Å². The molecule has 0 aliphatic carbocycles. The lowest BCUT2D eigenvalue weighted by atomic mass is 9.98. The van der Waals surface area contributed by atoms with Crippen LogP contribution in [0.5, 0.6) is 5.75 Å². The Kier molecular flexibility index (Phi) is 9.44. The molecular weight excluding hydrogens is 354 g/mol. The molecule has 2 amide bonds. The van der Waals surface area contributed by atoms with Crippen molar-refractivity contribution in [1.82, 2.24) is 15.5 Å². The molecule has 6 nitrogen and oxygen atoms in total. The normalized spacial score (nSPS) is 19.5. The van der Waals surface area contributed by atoms with Crippen molar-refractivity contribution in [3.63, 3.8) is 0 Å². The summed E-state index contributed by atoms with van der Waals surface area (Å²) < 4.78 is 5.30. The summed E-state index contributed by atoms with van der Waals surface area (Å²) in [4.78, 5) is 25.8. The smallest absolute Gasteiger partial charge is 0.234 e. The molecule has 1 aromatic rings. The van der Waals surface area contributed by atoms with E-state index in [9.17, 15) is 9.59 Å². The van der Waals surface area contributed by atoms with Gasteiger partial charge in [-0.15, -0.1) is 12.4 Å². The SMILES string of the molecule is CCC[C@H]1CN(CC(=O)NCc2ccccc2OC)C[C@@H]1NC(C)=O.Cl. The number of rotatable bonds is 8. The summed E-state index contributed by atoms with van der Waals surface area (Å²) in [7, 11) is 1.63. The summed E-state index contributed by atoms with van der Waals surface area (Å²) in [5, 5.41) is 5.98. The number of amides is 2. The topological polar surface area (TPSA) is 70.7 Å². The summed E-state index contributed by atoms with van der Waals surface area (Å²) in [6.07, 6.45) is 2.14. The zero-order valence-electron chi connectivity index (χ0n) is 15.8. The Labute approximate surface area is 162 Å². The fraction of sp³-hybridized carbons (Fsp3) is 0.579. The molecule has 0 saturated carbocycles. The molecule has 1 fully saturated rings. The molecule has 0 bridgehead atoms. The highest BCUT2D eigenvalue weighted by atomic mass is 35.5. The molecule has 1 aromatic carbocycles. The fourth-order valence-electron chi connectivity index (χ4n) is 3.48. The second kappa shape index (κ2) is 11.0. The number of nitrogens with zero attached hydrogens (tertiary/aromatic N) is 1. The van der Waals surface area contributed by atoms with E-state index in [4.69, 9.17) is 4.74 Å². The van der Waals surface area contributed by atoms with E-state index < -0.39 is 0 Å². The van der Waals surface area contributed by atoms with Crippen molar-refractivity contribution in [2.45, 2.75) is 39.3 Å². The Morgan fingerprint density at radius 3 is 2.65 bits per heavy atom.